The molecule has 2 aromatic rings. The van der Waals surface area contributed by atoms with E-state index < -0.39 is 10.0 Å². The predicted octanol–water partition coefficient (Wildman–Crippen LogP) is 2.59. The first kappa shape index (κ1) is 20.0. The topological polar surface area (TPSA) is 67.2 Å². The Morgan fingerprint density at radius 2 is 1.93 bits per heavy atom. The third-order valence-electron chi connectivity index (χ3n) is 5.20. The largest absolute Gasteiger partial charge is 0.317 e. The van der Waals surface area contributed by atoms with Gasteiger partial charge in [-0.05, 0) is 70.3 Å². The fourth-order valence-corrected chi connectivity index (χ4v) is 5.31. The van der Waals surface area contributed by atoms with Crippen LogP contribution in [0.4, 0.5) is 0 Å². The van der Waals surface area contributed by atoms with Crippen LogP contribution in [0.2, 0.25) is 0 Å². The maximum Gasteiger partial charge on any atom is 0.243 e. The smallest absolute Gasteiger partial charge is 0.243 e. The fourth-order valence-electron chi connectivity index (χ4n) is 3.59. The number of hydrogen-bond acceptors (Lipinski definition) is 4. The minimum atomic E-state index is -3.49. The van der Waals surface area contributed by atoms with Gasteiger partial charge in [-0.25, -0.2) is 8.42 Å². The number of nitrogens with one attached hydrogen (secondary N) is 1. The summed E-state index contributed by atoms with van der Waals surface area (Å²) in [5.41, 5.74) is 2.23. The van der Waals surface area contributed by atoms with Crippen LogP contribution >= 0.6 is 0 Å². The van der Waals surface area contributed by atoms with Crippen molar-refractivity contribution >= 4 is 10.0 Å². The van der Waals surface area contributed by atoms with Gasteiger partial charge in [-0.15, -0.1) is 0 Å². The summed E-state index contributed by atoms with van der Waals surface area (Å²) in [7, 11) is -3.49. The van der Waals surface area contributed by atoms with E-state index in [1.54, 1.807) is 16.4 Å². The Morgan fingerprint density at radius 3 is 2.56 bits per heavy atom. The van der Waals surface area contributed by atoms with E-state index in [4.69, 9.17) is 0 Å². The van der Waals surface area contributed by atoms with E-state index >= 15 is 0 Å². The number of rotatable bonds is 8. The molecule has 148 valence electrons. The second kappa shape index (κ2) is 8.99. The van der Waals surface area contributed by atoms with Gasteiger partial charge >= 0.3 is 0 Å². The molecule has 0 unspecified atom stereocenters. The van der Waals surface area contributed by atoms with Gasteiger partial charge in [0.05, 0.1) is 11.1 Å². The van der Waals surface area contributed by atoms with E-state index in [9.17, 15) is 8.42 Å². The summed E-state index contributed by atoms with van der Waals surface area (Å²) >= 11 is 0. The van der Waals surface area contributed by atoms with Crippen LogP contribution in [0.15, 0.2) is 41.6 Å². The highest BCUT2D eigenvalue weighted by molar-refractivity contribution is 7.89. The van der Waals surface area contributed by atoms with Crippen LogP contribution < -0.4 is 5.32 Å². The van der Waals surface area contributed by atoms with Crippen LogP contribution in [-0.2, 0) is 23.0 Å². The Hall–Kier alpha value is -1.70. The summed E-state index contributed by atoms with van der Waals surface area (Å²) in [5, 5.41) is 7.63. The van der Waals surface area contributed by atoms with Crippen LogP contribution in [0.5, 0.6) is 0 Å². The van der Waals surface area contributed by atoms with Crippen molar-refractivity contribution < 1.29 is 8.42 Å². The Balaban J connectivity index is 1.74. The molecule has 1 saturated heterocycles. The molecule has 1 aliphatic heterocycles. The fraction of sp³-hybridized carbons (Fsp3) is 0.550. The van der Waals surface area contributed by atoms with E-state index in [1.165, 1.54) is 0 Å². The van der Waals surface area contributed by atoms with Crippen LogP contribution in [-0.4, -0.2) is 48.2 Å². The highest BCUT2D eigenvalue weighted by Crippen LogP contribution is 2.23. The molecule has 0 bridgehead atoms. The molecular formula is C20H30N4O2S. The van der Waals surface area contributed by atoms with E-state index in [-0.39, 0.29) is 6.04 Å². The lowest BCUT2D eigenvalue weighted by Gasteiger charge is -2.33. The van der Waals surface area contributed by atoms with E-state index in [1.807, 2.05) is 36.1 Å². The standard InChI is InChI=1S/C20H30N4O2S/c1-3-23-16-18(15-22-23)5-4-14-24(19-10-12-21-13-11-19)27(25,26)20-8-6-17(2)7-9-20/h6-9,15-16,19,21H,3-5,10-14H2,1-2H3. The first-order valence-electron chi connectivity index (χ1n) is 9.81. The molecule has 0 saturated carbocycles. The quantitative estimate of drug-likeness (QED) is 0.752. The molecule has 0 spiro atoms. The van der Waals surface area contributed by atoms with Gasteiger partial charge in [0, 0.05) is 25.3 Å². The maximum absolute atomic E-state index is 13.3. The molecule has 27 heavy (non-hydrogen) atoms. The van der Waals surface area contributed by atoms with Crippen LogP contribution in [0.3, 0.4) is 0 Å². The van der Waals surface area contributed by atoms with Gasteiger partial charge in [-0.3, -0.25) is 4.68 Å². The minimum absolute atomic E-state index is 0.0657. The van der Waals surface area contributed by atoms with Crippen LogP contribution in [0.25, 0.3) is 0 Å². The molecule has 1 aromatic heterocycles. The second-order valence-corrected chi connectivity index (χ2v) is 9.11. The zero-order chi connectivity index (χ0) is 19.3. The monoisotopic (exact) mass is 390 g/mol. The molecule has 3 rings (SSSR count). The third kappa shape index (κ3) is 4.97. The summed E-state index contributed by atoms with van der Waals surface area (Å²) in [6.45, 7) is 7.16. The Morgan fingerprint density at radius 1 is 1.22 bits per heavy atom. The summed E-state index contributed by atoms with van der Waals surface area (Å²) in [5.74, 6) is 0. The molecule has 7 heteroatoms. The maximum atomic E-state index is 13.3. The first-order chi connectivity index (χ1) is 13.0. The normalized spacial score (nSPS) is 16.1. The van der Waals surface area contributed by atoms with Gasteiger partial charge in [0.1, 0.15) is 0 Å². The van der Waals surface area contributed by atoms with Crippen molar-refractivity contribution in [2.75, 3.05) is 19.6 Å². The summed E-state index contributed by atoms with van der Waals surface area (Å²) in [4.78, 5) is 0.394. The number of aryl methyl sites for hydroxylation is 3. The molecule has 1 N–H and O–H groups in total. The van der Waals surface area contributed by atoms with Gasteiger partial charge in [-0.1, -0.05) is 17.7 Å². The van der Waals surface area contributed by atoms with Gasteiger partial charge in [0.15, 0.2) is 0 Å². The van der Waals surface area contributed by atoms with Gasteiger partial charge in [-0.2, -0.15) is 9.40 Å². The van der Waals surface area contributed by atoms with E-state index in [0.29, 0.717) is 11.4 Å². The van der Waals surface area contributed by atoms with Crippen molar-refractivity contribution in [2.24, 2.45) is 0 Å². The predicted molar refractivity (Wildman–Crippen MR) is 107 cm³/mol. The van der Waals surface area contributed by atoms with Crippen molar-refractivity contribution in [1.29, 1.82) is 0 Å². The lowest BCUT2D eigenvalue weighted by atomic mass is 10.1. The van der Waals surface area contributed by atoms with Crippen molar-refractivity contribution in [2.45, 2.75) is 57.0 Å². The van der Waals surface area contributed by atoms with Crippen molar-refractivity contribution in [3.8, 4) is 0 Å². The average molecular weight is 391 g/mol. The number of benzene rings is 1. The van der Waals surface area contributed by atoms with Crippen molar-refractivity contribution in [1.82, 2.24) is 19.4 Å². The Bertz CT molecular complexity index is 824. The molecular weight excluding hydrogens is 360 g/mol. The molecule has 6 nitrogen and oxygen atoms in total. The molecule has 0 radical (unpaired) electrons. The first-order valence-corrected chi connectivity index (χ1v) is 11.3. The van der Waals surface area contributed by atoms with E-state index in [0.717, 1.165) is 56.4 Å². The minimum Gasteiger partial charge on any atom is -0.317 e. The van der Waals surface area contributed by atoms with Crippen molar-refractivity contribution in [3.05, 3.63) is 47.8 Å². The average Bonchev–Trinajstić information content (AvgIpc) is 3.14. The molecule has 2 heterocycles. The van der Waals surface area contributed by atoms with Gasteiger partial charge in [0.2, 0.25) is 10.0 Å². The van der Waals surface area contributed by atoms with Crippen molar-refractivity contribution in [3.63, 3.8) is 0 Å². The van der Waals surface area contributed by atoms with Gasteiger partial charge < -0.3 is 5.32 Å². The van der Waals surface area contributed by atoms with Crippen LogP contribution in [0.1, 0.15) is 37.3 Å². The Kier molecular flexibility index (Phi) is 6.68. The molecule has 0 amide bonds. The SMILES string of the molecule is CCn1cc(CCCN(C2CCNCC2)S(=O)(=O)c2ccc(C)cc2)cn1. The Labute approximate surface area is 162 Å². The highest BCUT2D eigenvalue weighted by atomic mass is 32.2. The number of nitrogens with zero attached hydrogens (tertiary/aromatic N) is 3. The highest BCUT2D eigenvalue weighted by Gasteiger charge is 2.31. The summed E-state index contributed by atoms with van der Waals surface area (Å²) in [6, 6.07) is 7.25. The molecule has 0 atom stereocenters. The number of sulfonamides is 1. The molecule has 1 aromatic carbocycles. The van der Waals surface area contributed by atoms with Gasteiger partial charge in [0.25, 0.3) is 0 Å². The molecule has 1 aliphatic rings. The summed E-state index contributed by atoms with van der Waals surface area (Å²) in [6.07, 6.45) is 7.28. The number of piperidine rings is 1. The molecule has 1 fully saturated rings. The number of hydrogen-bond donors (Lipinski definition) is 1. The third-order valence-corrected chi connectivity index (χ3v) is 7.16. The second-order valence-electron chi connectivity index (χ2n) is 7.22. The van der Waals surface area contributed by atoms with Crippen LogP contribution in [0, 0.1) is 6.92 Å². The zero-order valence-corrected chi connectivity index (χ0v) is 17.1. The zero-order valence-electron chi connectivity index (χ0n) is 16.3. The lowest BCUT2D eigenvalue weighted by Crippen LogP contribution is -2.46. The van der Waals surface area contributed by atoms with E-state index in [2.05, 4.69) is 17.3 Å². The number of aromatic nitrogens is 2. The lowest BCUT2D eigenvalue weighted by molar-refractivity contribution is 0.260. The molecule has 0 aliphatic carbocycles. The summed E-state index contributed by atoms with van der Waals surface area (Å²) < 4.78 is 30.3.